The van der Waals surface area contributed by atoms with Crippen LogP contribution in [0.1, 0.15) is 52.8 Å². The zero-order valence-corrected chi connectivity index (χ0v) is 16.5. The fraction of sp³-hybridized carbons (Fsp3) is 0.391. The highest BCUT2D eigenvalue weighted by Gasteiger charge is 2.21. The number of rotatable bonds is 4. The van der Waals surface area contributed by atoms with Gasteiger partial charge in [0.2, 0.25) is 0 Å². The molecule has 1 saturated carbocycles. The van der Waals surface area contributed by atoms with Crippen LogP contribution in [0.3, 0.4) is 0 Å². The summed E-state index contributed by atoms with van der Waals surface area (Å²) in [5, 5.41) is 34.8. The Morgan fingerprint density at radius 3 is 1.24 bits per heavy atom. The average Bonchev–Trinajstić information content (AvgIpc) is 3.00. The number of carboxylic acids is 2. The average molecular weight is 402 g/mol. The molecule has 0 aliphatic heterocycles. The highest BCUT2D eigenvalue weighted by molar-refractivity contribution is 5.87. The molecule has 0 spiro atoms. The van der Waals surface area contributed by atoms with E-state index in [9.17, 15) is 9.59 Å². The molecule has 0 heterocycles. The Morgan fingerprint density at radius 1 is 0.655 bits per heavy atom. The Labute approximate surface area is 171 Å². The maximum Gasteiger partial charge on any atom is 0.335 e. The van der Waals surface area contributed by atoms with Crippen molar-refractivity contribution in [1.29, 1.82) is 0 Å². The van der Waals surface area contributed by atoms with Crippen molar-refractivity contribution in [3.63, 3.8) is 0 Å². The molecule has 29 heavy (non-hydrogen) atoms. The number of aliphatic hydroxyl groups excluding tert-OH is 2. The van der Waals surface area contributed by atoms with Gasteiger partial charge >= 0.3 is 11.9 Å². The number of carbonyl (C=O) groups is 2. The standard InChI is InChI=1S/C9H18O2.2C7H6O2/c10-6-8-4-2-1-3-5-9(8)7-11;2*8-7(9)6-4-2-1-3-5-6/h8-11H,1-7H2;2*1-5H,(H,8,9)/t8-,9-;;/m0../s1. The Morgan fingerprint density at radius 2 is 1.00 bits per heavy atom. The Kier molecular flexibility index (Phi) is 12.0. The zero-order valence-electron chi connectivity index (χ0n) is 16.5. The Balaban J connectivity index is 0.000000219. The molecule has 4 N–H and O–H groups in total. The zero-order chi connectivity index (χ0) is 21.5. The molecule has 2 aromatic rings. The molecule has 0 saturated heterocycles. The molecule has 0 aromatic heterocycles. The molecule has 158 valence electrons. The van der Waals surface area contributed by atoms with Crippen molar-refractivity contribution in [2.24, 2.45) is 11.8 Å². The summed E-state index contributed by atoms with van der Waals surface area (Å²) in [6.07, 6.45) is 5.92. The first-order valence-corrected chi connectivity index (χ1v) is 9.78. The monoisotopic (exact) mass is 402 g/mol. The van der Waals surface area contributed by atoms with Crippen LogP contribution in [-0.4, -0.2) is 45.6 Å². The summed E-state index contributed by atoms with van der Waals surface area (Å²) < 4.78 is 0. The minimum atomic E-state index is -0.879. The van der Waals surface area contributed by atoms with Crippen molar-refractivity contribution >= 4 is 11.9 Å². The molecule has 0 radical (unpaired) electrons. The van der Waals surface area contributed by atoms with Gasteiger partial charge in [0.05, 0.1) is 11.1 Å². The lowest BCUT2D eigenvalue weighted by molar-refractivity contribution is 0.0686. The minimum absolute atomic E-state index is 0.255. The maximum absolute atomic E-state index is 10.2. The van der Waals surface area contributed by atoms with Gasteiger partial charge in [-0.05, 0) is 48.9 Å². The van der Waals surface area contributed by atoms with Crippen LogP contribution in [0.4, 0.5) is 0 Å². The largest absolute Gasteiger partial charge is 0.478 e. The summed E-state index contributed by atoms with van der Waals surface area (Å²) >= 11 is 0. The molecule has 0 amide bonds. The summed E-state index contributed by atoms with van der Waals surface area (Å²) in [7, 11) is 0. The summed E-state index contributed by atoms with van der Waals surface area (Å²) in [5.41, 5.74) is 0.662. The van der Waals surface area contributed by atoms with E-state index in [-0.39, 0.29) is 13.2 Å². The number of carboxylic acid groups (broad SMARTS) is 2. The first-order valence-electron chi connectivity index (χ1n) is 9.78. The van der Waals surface area contributed by atoms with Crippen molar-refractivity contribution in [2.75, 3.05) is 13.2 Å². The third kappa shape index (κ3) is 9.87. The van der Waals surface area contributed by atoms with E-state index in [1.54, 1.807) is 60.7 Å². The van der Waals surface area contributed by atoms with Gasteiger partial charge in [0.1, 0.15) is 0 Å². The molecule has 2 atom stereocenters. The second kappa shape index (κ2) is 14.3. The van der Waals surface area contributed by atoms with Gasteiger partial charge in [0.25, 0.3) is 0 Å². The van der Waals surface area contributed by atoms with E-state index in [1.807, 2.05) is 0 Å². The predicted octanol–water partition coefficient (Wildman–Crippen LogP) is 3.94. The predicted molar refractivity (Wildman–Crippen MR) is 111 cm³/mol. The highest BCUT2D eigenvalue weighted by Crippen LogP contribution is 2.27. The summed E-state index contributed by atoms with van der Waals surface area (Å²) in [5.74, 6) is -1.03. The number of hydrogen-bond acceptors (Lipinski definition) is 4. The summed E-state index contributed by atoms with van der Waals surface area (Å²) in [6.45, 7) is 0.510. The second-order valence-corrected chi connectivity index (χ2v) is 6.87. The molecule has 2 aromatic carbocycles. The smallest absolute Gasteiger partial charge is 0.335 e. The molecular formula is C23H30O6. The lowest BCUT2D eigenvalue weighted by Crippen LogP contribution is -2.20. The van der Waals surface area contributed by atoms with Gasteiger partial charge in [-0.15, -0.1) is 0 Å². The normalized spacial score (nSPS) is 18.1. The number of aromatic carboxylic acids is 2. The quantitative estimate of drug-likeness (QED) is 0.576. The molecule has 1 aliphatic carbocycles. The van der Waals surface area contributed by atoms with E-state index in [2.05, 4.69) is 0 Å². The van der Waals surface area contributed by atoms with Crippen LogP contribution in [0.15, 0.2) is 60.7 Å². The van der Waals surface area contributed by atoms with Crippen molar-refractivity contribution in [3.05, 3.63) is 71.8 Å². The molecule has 1 fully saturated rings. The molecule has 6 heteroatoms. The van der Waals surface area contributed by atoms with Gasteiger partial charge in [-0.2, -0.15) is 0 Å². The fourth-order valence-corrected chi connectivity index (χ4v) is 3.10. The van der Waals surface area contributed by atoms with E-state index in [0.29, 0.717) is 23.0 Å². The van der Waals surface area contributed by atoms with Crippen LogP contribution in [-0.2, 0) is 0 Å². The van der Waals surface area contributed by atoms with Crippen LogP contribution in [0.5, 0.6) is 0 Å². The lowest BCUT2D eigenvalue weighted by atomic mass is 9.89. The summed E-state index contributed by atoms with van der Waals surface area (Å²) in [6, 6.07) is 16.6. The van der Waals surface area contributed by atoms with Gasteiger partial charge in [-0.25, -0.2) is 9.59 Å². The second-order valence-electron chi connectivity index (χ2n) is 6.87. The molecule has 6 nitrogen and oxygen atoms in total. The minimum Gasteiger partial charge on any atom is -0.478 e. The highest BCUT2D eigenvalue weighted by atomic mass is 16.4. The van der Waals surface area contributed by atoms with Crippen molar-refractivity contribution in [1.82, 2.24) is 0 Å². The molecule has 0 unspecified atom stereocenters. The number of hydrogen-bond donors (Lipinski definition) is 4. The lowest BCUT2D eigenvalue weighted by Gasteiger charge is -2.20. The van der Waals surface area contributed by atoms with Gasteiger partial charge in [0.15, 0.2) is 0 Å². The van der Waals surface area contributed by atoms with Crippen LogP contribution in [0.25, 0.3) is 0 Å². The summed E-state index contributed by atoms with van der Waals surface area (Å²) in [4.78, 5) is 20.4. The molecule has 0 bridgehead atoms. The third-order valence-corrected chi connectivity index (χ3v) is 4.83. The van der Waals surface area contributed by atoms with Gasteiger partial charge in [-0.3, -0.25) is 0 Å². The van der Waals surface area contributed by atoms with E-state index < -0.39 is 11.9 Å². The van der Waals surface area contributed by atoms with Crippen molar-refractivity contribution < 1.29 is 30.0 Å². The molecule has 3 rings (SSSR count). The van der Waals surface area contributed by atoms with E-state index in [4.69, 9.17) is 20.4 Å². The van der Waals surface area contributed by atoms with Crippen LogP contribution in [0.2, 0.25) is 0 Å². The van der Waals surface area contributed by atoms with E-state index in [0.717, 1.165) is 12.8 Å². The van der Waals surface area contributed by atoms with E-state index in [1.165, 1.54) is 19.3 Å². The van der Waals surface area contributed by atoms with Gasteiger partial charge < -0.3 is 20.4 Å². The Hall–Kier alpha value is -2.70. The number of aliphatic hydroxyl groups is 2. The Bertz CT molecular complexity index is 640. The third-order valence-electron chi connectivity index (χ3n) is 4.83. The SMILES string of the molecule is O=C(O)c1ccccc1.O=C(O)c1ccccc1.OC[C@@H]1CCCCC[C@H]1CO. The van der Waals surface area contributed by atoms with Gasteiger partial charge in [-0.1, -0.05) is 55.7 Å². The van der Waals surface area contributed by atoms with Gasteiger partial charge in [0, 0.05) is 13.2 Å². The number of benzene rings is 2. The van der Waals surface area contributed by atoms with Crippen LogP contribution in [0, 0.1) is 11.8 Å². The first-order chi connectivity index (χ1) is 14.0. The topological polar surface area (TPSA) is 115 Å². The van der Waals surface area contributed by atoms with Crippen LogP contribution < -0.4 is 0 Å². The van der Waals surface area contributed by atoms with Crippen LogP contribution >= 0.6 is 0 Å². The molecular weight excluding hydrogens is 372 g/mol. The molecule has 1 aliphatic rings. The fourth-order valence-electron chi connectivity index (χ4n) is 3.10. The first kappa shape index (κ1) is 24.3. The van der Waals surface area contributed by atoms with Crippen molar-refractivity contribution in [3.8, 4) is 0 Å². The van der Waals surface area contributed by atoms with Crippen molar-refractivity contribution in [2.45, 2.75) is 32.1 Å². The maximum atomic E-state index is 10.2. The van der Waals surface area contributed by atoms with E-state index >= 15 is 0 Å².